The van der Waals surface area contributed by atoms with Gasteiger partial charge in [0.2, 0.25) is 0 Å². The molecule has 2 rings (SSSR count). The van der Waals surface area contributed by atoms with E-state index in [4.69, 9.17) is 18.9 Å². The average Bonchev–Trinajstić information content (AvgIpc) is 2.70. The lowest BCUT2D eigenvalue weighted by Crippen LogP contribution is -2.31. The Kier molecular flexibility index (Phi) is 10.5. The lowest BCUT2D eigenvalue weighted by atomic mass is 9.95. The Bertz CT molecular complexity index is 452. The van der Waals surface area contributed by atoms with Crippen molar-refractivity contribution in [3.63, 3.8) is 0 Å². The van der Waals surface area contributed by atoms with E-state index in [1.165, 1.54) is 6.42 Å². The zero-order chi connectivity index (χ0) is 20.2. The first-order valence-corrected chi connectivity index (χ1v) is 11.3. The molecule has 1 unspecified atom stereocenters. The second-order valence-electron chi connectivity index (χ2n) is 8.24. The fraction of sp³-hybridized carbons (Fsp3) is 0.909. The molecule has 28 heavy (non-hydrogen) atoms. The maximum atomic E-state index is 11.9. The Morgan fingerprint density at radius 1 is 0.786 bits per heavy atom. The summed E-state index contributed by atoms with van der Waals surface area (Å²) < 4.78 is 21.6. The van der Waals surface area contributed by atoms with Gasteiger partial charge in [-0.2, -0.15) is 0 Å². The molecule has 0 spiro atoms. The highest BCUT2D eigenvalue weighted by Gasteiger charge is 2.28. The molecule has 162 valence electrons. The Balaban J connectivity index is 1.58. The first-order valence-electron chi connectivity index (χ1n) is 11.3. The monoisotopic (exact) mass is 398 g/mol. The quantitative estimate of drug-likeness (QED) is 0.434. The van der Waals surface area contributed by atoms with Crippen LogP contribution in [-0.2, 0) is 18.9 Å². The van der Waals surface area contributed by atoms with Gasteiger partial charge in [-0.15, -0.1) is 0 Å². The summed E-state index contributed by atoms with van der Waals surface area (Å²) in [4.78, 5) is 23.9. The summed E-state index contributed by atoms with van der Waals surface area (Å²) >= 11 is 0. The summed E-state index contributed by atoms with van der Waals surface area (Å²) in [6, 6.07) is 0. The number of hydrogen-bond donors (Lipinski definition) is 0. The minimum atomic E-state index is -0.573. The van der Waals surface area contributed by atoms with Crippen molar-refractivity contribution >= 4 is 12.3 Å². The van der Waals surface area contributed by atoms with Crippen molar-refractivity contribution in [3.05, 3.63) is 0 Å². The van der Waals surface area contributed by atoms with Crippen molar-refractivity contribution in [1.82, 2.24) is 0 Å². The zero-order valence-electron chi connectivity index (χ0n) is 17.7. The molecule has 0 aromatic carbocycles. The normalized spacial score (nSPS) is 24.2. The Morgan fingerprint density at radius 3 is 1.86 bits per heavy atom. The summed E-state index contributed by atoms with van der Waals surface area (Å²) in [5.74, 6) is 0.409. The molecule has 2 saturated carbocycles. The number of ether oxygens (including phenoxy) is 4. The molecule has 0 bridgehead atoms. The van der Waals surface area contributed by atoms with Crippen molar-refractivity contribution in [2.45, 2.75) is 116 Å². The van der Waals surface area contributed by atoms with Crippen molar-refractivity contribution in [1.29, 1.82) is 0 Å². The third-order valence-corrected chi connectivity index (χ3v) is 5.94. The largest absolute Gasteiger partial charge is 0.508 e. The molecule has 2 aliphatic carbocycles. The molecular weight excluding hydrogens is 360 g/mol. The predicted octanol–water partition coefficient (Wildman–Crippen LogP) is 6.15. The molecule has 0 aliphatic heterocycles. The van der Waals surface area contributed by atoms with Crippen LogP contribution in [0, 0.1) is 5.92 Å². The predicted molar refractivity (Wildman–Crippen MR) is 106 cm³/mol. The minimum Gasteiger partial charge on any atom is -0.434 e. The van der Waals surface area contributed by atoms with Gasteiger partial charge in [-0.1, -0.05) is 39.5 Å². The molecule has 0 N–H and O–H groups in total. The fourth-order valence-corrected chi connectivity index (χ4v) is 4.00. The van der Waals surface area contributed by atoms with Crippen molar-refractivity contribution < 1.29 is 28.5 Å². The maximum Gasteiger partial charge on any atom is 0.508 e. The van der Waals surface area contributed by atoms with Crippen molar-refractivity contribution in [3.8, 4) is 0 Å². The van der Waals surface area contributed by atoms with Crippen LogP contribution < -0.4 is 0 Å². The Labute approximate surface area is 169 Å². The van der Waals surface area contributed by atoms with E-state index in [0.717, 1.165) is 51.4 Å². The number of carbonyl (C=O) groups is 2. The Hall–Kier alpha value is -1.46. The summed E-state index contributed by atoms with van der Waals surface area (Å²) in [6.07, 6.45) is 11.1. The van der Waals surface area contributed by atoms with Crippen LogP contribution in [0.15, 0.2) is 0 Å². The van der Waals surface area contributed by atoms with E-state index in [1.807, 2.05) is 0 Å². The van der Waals surface area contributed by atoms with Gasteiger partial charge in [0, 0.05) is 0 Å². The van der Waals surface area contributed by atoms with Crippen LogP contribution in [0.3, 0.4) is 0 Å². The van der Waals surface area contributed by atoms with Crippen LogP contribution in [0.4, 0.5) is 9.59 Å². The van der Waals surface area contributed by atoms with Gasteiger partial charge in [-0.3, -0.25) is 0 Å². The summed E-state index contributed by atoms with van der Waals surface area (Å²) in [6.45, 7) is 4.72. The van der Waals surface area contributed by atoms with E-state index < -0.39 is 12.3 Å². The van der Waals surface area contributed by atoms with E-state index in [0.29, 0.717) is 38.2 Å². The number of rotatable bonds is 9. The van der Waals surface area contributed by atoms with Gasteiger partial charge in [-0.05, 0) is 63.7 Å². The van der Waals surface area contributed by atoms with Crippen molar-refractivity contribution in [2.24, 2.45) is 5.92 Å². The Morgan fingerprint density at radius 2 is 1.32 bits per heavy atom. The van der Waals surface area contributed by atoms with Gasteiger partial charge in [0.25, 0.3) is 0 Å². The van der Waals surface area contributed by atoms with Crippen LogP contribution in [0.5, 0.6) is 0 Å². The first kappa shape index (κ1) is 22.8. The van der Waals surface area contributed by atoms with Crippen LogP contribution >= 0.6 is 0 Å². The van der Waals surface area contributed by atoms with E-state index >= 15 is 0 Å². The van der Waals surface area contributed by atoms with Crippen LogP contribution in [0.1, 0.15) is 97.3 Å². The van der Waals surface area contributed by atoms with Gasteiger partial charge in [0.15, 0.2) is 0 Å². The first-order chi connectivity index (χ1) is 13.6. The van der Waals surface area contributed by atoms with Crippen molar-refractivity contribution in [2.75, 3.05) is 6.61 Å². The molecule has 0 aromatic heterocycles. The summed E-state index contributed by atoms with van der Waals surface area (Å²) in [5, 5.41) is 0. The van der Waals surface area contributed by atoms with E-state index in [2.05, 4.69) is 13.8 Å². The van der Waals surface area contributed by atoms with Gasteiger partial charge in [0.1, 0.15) is 18.3 Å². The van der Waals surface area contributed by atoms with Crippen LogP contribution in [0.25, 0.3) is 0 Å². The topological polar surface area (TPSA) is 71.1 Å². The van der Waals surface area contributed by atoms with Gasteiger partial charge in [-0.25, -0.2) is 9.59 Å². The molecule has 0 heterocycles. The van der Waals surface area contributed by atoms with Crippen LogP contribution in [-0.4, -0.2) is 37.2 Å². The lowest BCUT2D eigenvalue weighted by Gasteiger charge is -2.28. The molecule has 1 atom stereocenters. The number of carbonyl (C=O) groups excluding carboxylic acids is 2. The number of hydrogen-bond acceptors (Lipinski definition) is 6. The zero-order valence-corrected chi connectivity index (χ0v) is 17.7. The molecule has 2 fully saturated rings. The lowest BCUT2D eigenvalue weighted by molar-refractivity contribution is -0.0415. The third kappa shape index (κ3) is 8.70. The highest BCUT2D eigenvalue weighted by atomic mass is 16.7. The maximum absolute atomic E-state index is 11.9. The smallest absolute Gasteiger partial charge is 0.434 e. The summed E-state index contributed by atoms with van der Waals surface area (Å²) in [5.41, 5.74) is 0. The molecule has 6 heteroatoms. The van der Waals surface area contributed by atoms with Gasteiger partial charge in [0.05, 0.1) is 6.61 Å². The summed E-state index contributed by atoms with van der Waals surface area (Å²) in [7, 11) is 0. The minimum absolute atomic E-state index is 0.0139. The molecule has 0 saturated heterocycles. The highest BCUT2D eigenvalue weighted by Crippen LogP contribution is 2.26. The molecular formula is C22H38O6. The molecule has 6 nitrogen and oxygen atoms in total. The number of unbranched alkanes of at least 4 members (excludes halogenated alkanes) is 1. The van der Waals surface area contributed by atoms with Gasteiger partial charge >= 0.3 is 12.3 Å². The average molecular weight is 399 g/mol. The second kappa shape index (κ2) is 12.9. The third-order valence-electron chi connectivity index (χ3n) is 5.94. The van der Waals surface area contributed by atoms with E-state index in [1.54, 1.807) is 0 Å². The van der Waals surface area contributed by atoms with E-state index in [9.17, 15) is 9.59 Å². The highest BCUT2D eigenvalue weighted by molar-refractivity contribution is 5.60. The molecule has 0 radical (unpaired) electrons. The fourth-order valence-electron chi connectivity index (χ4n) is 4.00. The molecule has 0 amide bonds. The van der Waals surface area contributed by atoms with E-state index in [-0.39, 0.29) is 18.3 Å². The van der Waals surface area contributed by atoms with Gasteiger partial charge < -0.3 is 18.9 Å². The standard InChI is InChI=1S/C22H38O6/c1-3-5-9-17(4-2)16-25-21(23)26-19-12-14-20(15-13-19)28-22(24)27-18-10-7-6-8-11-18/h17-20H,3-16H2,1-2H3. The molecule has 0 aromatic rings. The molecule has 2 aliphatic rings. The van der Waals surface area contributed by atoms with Crippen LogP contribution in [0.2, 0.25) is 0 Å². The SMILES string of the molecule is CCCCC(CC)COC(=O)OC1CCC(OC(=O)OC2CCCCC2)CC1. The second-order valence-corrected chi connectivity index (χ2v) is 8.24.